The van der Waals surface area contributed by atoms with Crippen molar-refractivity contribution < 1.29 is 23.8 Å². The number of nitrogens with zero attached hydrogens (tertiary/aromatic N) is 1. The van der Waals surface area contributed by atoms with Gasteiger partial charge in [0, 0.05) is 22.1 Å². The second-order valence-electron chi connectivity index (χ2n) is 8.57. The minimum Gasteiger partial charge on any atom is -0.493 e. The lowest BCUT2D eigenvalue weighted by Crippen LogP contribution is -2.20. The first-order chi connectivity index (χ1) is 18.6. The Balaban J connectivity index is 1.58. The molecule has 0 fully saturated rings. The van der Waals surface area contributed by atoms with Gasteiger partial charge in [0.2, 0.25) is 5.78 Å². The lowest BCUT2D eigenvalue weighted by molar-refractivity contribution is 0.0282. The van der Waals surface area contributed by atoms with Crippen LogP contribution in [0.15, 0.2) is 109 Å². The zero-order valence-corrected chi connectivity index (χ0v) is 21.0. The Hall–Kier alpha value is -4.97. The number of aromatic nitrogens is 1. The fourth-order valence-electron chi connectivity index (χ4n) is 4.31. The van der Waals surface area contributed by atoms with Gasteiger partial charge < -0.3 is 14.2 Å². The monoisotopic (exact) mass is 503 g/mol. The number of carbonyl (C=O) groups is 2. The minimum absolute atomic E-state index is 0.302. The van der Waals surface area contributed by atoms with Crippen molar-refractivity contribution in [3.63, 3.8) is 0 Å². The summed E-state index contributed by atoms with van der Waals surface area (Å²) < 4.78 is 16.8. The quantitative estimate of drug-likeness (QED) is 0.173. The van der Waals surface area contributed by atoms with Crippen LogP contribution >= 0.6 is 0 Å². The predicted molar refractivity (Wildman–Crippen MR) is 146 cm³/mol. The summed E-state index contributed by atoms with van der Waals surface area (Å²) in [6.45, 7) is 0. The molecule has 5 rings (SSSR count). The number of Topliss-reactive ketones (excluding diaryl/α,β-unsaturated/α-hetero) is 1. The zero-order chi connectivity index (χ0) is 26.5. The number of carbonyl (C=O) groups excluding carboxylic acids is 2. The topological polar surface area (TPSA) is 74.7 Å². The van der Waals surface area contributed by atoms with E-state index in [9.17, 15) is 9.59 Å². The van der Waals surface area contributed by atoms with E-state index in [0.29, 0.717) is 44.8 Å². The van der Waals surface area contributed by atoms with Crippen molar-refractivity contribution in [3.8, 4) is 22.8 Å². The summed E-state index contributed by atoms with van der Waals surface area (Å²) in [5, 5.41) is 0.626. The number of fused-ring (bicyclic) bond motifs is 1. The van der Waals surface area contributed by atoms with Crippen LogP contribution in [-0.4, -0.2) is 31.0 Å². The molecule has 4 aromatic carbocycles. The Morgan fingerprint density at radius 3 is 2.08 bits per heavy atom. The van der Waals surface area contributed by atoms with E-state index < -0.39 is 12.1 Å². The first-order valence-electron chi connectivity index (χ1n) is 12.1. The van der Waals surface area contributed by atoms with Crippen LogP contribution in [0.2, 0.25) is 0 Å². The number of hydrogen-bond donors (Lipinski definition) is 0. The molecule has 0 spiro atoms. The van der Waals surface area contributed by atoms with E-state index in [-0.39, 0.29) is 5.78 Å². The maximum Gasteiger partial charge on any atom is 0.339 e. The number of rotatable bonds is 8. The summed E-state index contributed by atoms with van der Waals surface area (Å²) in [4.78, 5) is 32.0. The maximum atomic E-state index is 13.7. The maximum absolute atomic E-state index is 13.7. The molecule has 6 heteroatoms. The molecule has 0 aliphatic carbocycles. The summed E-state index contributed by atoms with van der Waals surface area (Å²) in [6, 6.07) is 32.3. The van der Waals surface area contributed by atoms with Crippen LogP contribution in [0.25, 0.3) is 22.2 Å². The van der Waals surface area contributed by atoms with E-state index in [1.807, 2.05) is 54.6 Å². The molecule has 0 amide bonds. The first kappa shape index (κ1) is 24.7. The second-order valence-corrected chi connectivity index (χ2v) is 8.57. The van der Waals surface area contributed by atoms with Gasteiger partial charge in [-0.25, -0.2) is 9.78 Å². The fraction of sp³-hybridized carbons (Fsp3) is 0.0938. The van der Waals surface area contributed by atoms with E-state index in [2.05, 4.69) is 0 Å². The molecule has 1 aromatic heterocycles. The average molecular weight is 504 g/mol. The molecule has 1 atom stereocenters. The molecule has 0 saturated carbocycles. The van der Waals surface area contributed by atoms with Gasteiger partial charge in [-0.15, -0.1) is 0 Å². The molecule has 5 aromatic rings. The Kier molecular flexibility index (Phi) is 7.13. The van der Waals surface area contributed by atoms with E-state index >= 15 is 0 Å². The molecule has 1 heterocycles. The van der Waals surface area contributed by atoms with Gasteiger partial charge >= 0.3 is 5.97 Å². The number of methoxy groups -OCH3 is 2. The van der Waals surface area contributed by atoms with E-state index in [0.717, 1.165) is 5.56 Å². The highest BCUT2D eigenvalue weighted by Gasteiger charge is 2.28. The molecule has 0 radical (unpaired) electrons. The van der Waals surface area contributed by atoms with Gasteiger partial charge in [0.05, 0.1) is 31.0 Å². The first-order valence-corrected chi connectivity index (χ1v) is 12.1. The predicted octanol–water partition coefficient (Wildman–Crippen LogP) is 6.70. The largest absolute Gasteiger partial charge is 0.493 e. The lowest BCUT2D eigenvalue weighted by atomic mass is 9.99. The molecule has 0 saturated heterocycles. The fourth-order valence-corrected chi connectivity index (χ4v) is 4.31. The van der Waals surface area contributed by atoms with E-state index in [4.69, 9.17) is 19.2 Å². The Morgan fingerprint density at radius 1 is 0.711 bits per heavy atom. The lowest BCUT2D eigenvalue weighted by Gasteiger charge is -2.18. The van der Waals surface area contributed by atoms with Gasteiger partial charge in [0.25, 0.3) is 0 Å². The third-order valence-electron chi connectivity index (χ3n) is 6.24. The van der Waals surface area contributed by atoms with Gasteiger partial charge in [-0.3, -0.25) is 4.79 Å². The smallest absolute Gasteiger partial charge is 0.339 e. The second kappa shape index (κ2) is 11.0. The van der Waals surface area contributed by atoms with Gasteiger partial charge in [0.15, 0.2) is 17.6 Å². The summed E-state index contributed by atoms with van der Waals surface area (Å²) in [7, 11) is 3.13. The molecule has 0 aliphatic heterocycles. The number of benzene rings is 4. The summed E-state index contributed by atoms with van der Waals surface area (Å²) in [5.74, 6) is 0.204. The van der Waals surface area contributed by atoms with Crippen molar-refractivity contribution >= 4 is 22.7 Å². The van der Waals surface area contributed by atoms with Crippen molar-refractivity contribution in [2.75, 3.05) is 14.2 Å². The number of hydrogen-bond acceptors (Lipinski definition) is 6. The highest BCUT2D eigenvalue weighted by atomic mass is 16.5. The standard InChI is InChI=1S/C32H25NO5/c1-36-28-18-17-23(19-29(28)37-2)27-20-25(24-15-9-10-16-26(24)33-27)32(35)38-31(22-13-7-4-8-14-22)30(34)21-11-5-3-6-12-21/h3-20,31H,1-2H3. The summed E-state index contributed by atoms with van der Waals surface area (Å²) in [5.41, 5.74) is 3.28. The molecule has 6 nitrogen and oxygen atoms in total. The van der Waals surface area contributed by atoms with Crippen molar-refractivity contribution in [1.82, 2.24) is 4.98 Å². The van der Waals surface area contributed by atoms with Gasteiger partial charge in [0.1, 0.15) is 0 Å². The van der Waals surface area contributed by atoms with Crippen LogP contribution in [0.5, 0.6) is 11.5 Å². The van der Waals surface area contributed by atoms with E-state index in [1.54, 1.807) is 68.8 Å². The molecule has 188 valence electrons. The van der Waals surface area contributed by atoms with Crippen LogP contribution in [0.4, 0.5) is 0 Å². The van der Waals surface area contributed by atoms with E-state index in [1.165, 1.54) is 0 Å². The van der Waals surface area contributed by atoms with Crippen LogP contribution in [0, 0.1) is 0 Å². The number of esters is 1. The van der Waals surface area contributed by atoms with Crippen molar-refractivity contribution in [2.24, 2.45) is 0 Å². The SMILES string of the molecule is COc1ccc(-c2cc(C(=O)OC(C(=O)c3ccccc3)c3ccccc3)c3ccccc3n2)cc1OC. The number of ether oxygens (including phenoxy) is 3. The molecule has 0 aliphatic rings. The highest BCUT2D eigenvalue weighted by Crippen LogP contribution is 2.34. The summed E-state index contributed by atoms with van der Waals surface area (Å²) in [6.07, 6.45) is -1.11. The van der Waals surface area contributed by atoms with Gasteiger partial charge in [-0.05, 0) is 30.3 Å². The molecular formula is C32H25NO5. The highest BCUT2D eigenvalue weighted by molar-refractivity contribution is 6.07. The zero-order valence-electron chi connectivity index (χ0n) is 21.0. The number of ketones is 1. The van der Waals surface area contributed by atoms with Gasteiger partial charge in [-0.2, -0.15) is 0 Å². The van der Waals surface area contributed by atoms with Gasteiger partial charge in [-0.1, -0.05) is 78.9 Å². The molecule has 1 unspecified atom stereocenters. The van der Waals surface area contributed by atoms with Crippen molar-refractivity contribution in [2.45, 2.75) is 6.10 Å². The molecular weight excluding hydrogens is 478 g/mol. The number of pyridine rings is 1. The van der Waals surface area contributed by atoms with Crippen LogP contribution in [-0.2, 0) is 4.74 Å². The van der Waals surface area contributed by atoms with Crippen LogP contribution < -0.4 is 9.47 Å². The Bertz CT molecular complexity index is 1600. The van der Waals surface area contributed by atoms with Crippen LogP contribution in [0.3, 0.4) is 0 Å². The minimum atomic E-state index is -1.11. The third kappa shape index (κ3) is 4.97. The normalized spacial score (nSPS) is 11.5. The Morgan fingerprint density at radius 2 is 1.37 bits per heavy atom. The third-order valence-corrected chi connectivity index (χ3v) is 6.24. The summed E-state index contributed by atoms with van der Waals surface area (Å²) >= 11 is 0. The average Bonchev–Trinajstić information content (AvgIpc) is 2.99. The van der Waals surface area contributed by atoms with Crippen LogP contribution in [0.1, 0.15) is 32.4 Å². The molecule has 0 N–H and O–H groups in total. The van der Waals surface area contributed by atoms with Crippen molar-refractivity contribution in [1.29, 1.82) is 0 Å². The molecule has 0 bridgehead atoms. The number of para-hydroxylation sites is 1. The molecule has 38 heavy (non-hydrogen) atoms. The van der Waals surface area contributed by atoms with Crippen molar-refractivity contribution in [3.05, 3.63) is 126 Å². The Labute approximate surface area is 220 Å².